The zero-order valence-corrected chi connectivity index (χ0v) is 12.9. The number of aryl methyl sites for hydroxylation is 1. The summed E-state index contributed by atoms with van der Waals surface area (Å²) in [5.41, 5.74) is 2.44. The van der Waals surface area contributed by atoms with Crippen LogP contribution in [0.4, 0.5) is 10.5 Å². The first-order valence-electron chi connectivity index (χ1n) is 8.16. The van der Waals surface area contributed by atoms with Crippen LogP contribution in [0.5, 0.6) is 0 Å². The molecule has 1 fully saturated rings. The van der Waals surface area contributed by atoms with Crippen LogP contribution in [-0.4, -0.2) is 55.1 Å². The van der Waals surface area contributed by atoms with Gasteiger partial charge in [-0.1, -0.05) is 25.1 Å². The number of urea groups is 1. The highest BCUT2D eigenvalue weighted by Crippen LogP contribution is 2.27. The molecule has 0 radical (unpaired) electrons. The average molecular weight is 287 g/mol. The smallest absolute Gasteiger partial charge is 0.322 e. The lowest BCUT2D eigenvalue weighted by Gasteiger charge is -2.37. The lowest BCUT2D eigenvalue weighted by atomic mass is 10.1. The second-order valence-electron chi connectivity index (χ2n) is 5.94. The molecule has 0 saturated carbocycles. The van der Waals surface area contributed by atoms with E-state index in [0.717, 1.165) is 57.8 Å². The third-order valence-corrected chi connectivity index (χ3v) is 4.68. The zero-order chi connectivity index (χ0) is 14.7. The first-order valence-corrected chi connectivity index (χ1v) is 8.16. The molecule has 1 aromatic carbocycles. The Bertz CT molecular complexity index is 495. The quantitative estimate of drug-likeness (QED) is 0.794. The zero-order valence-electron chi connectivity index (χ0n) is 12.9. The van der Waals surface area contributed by atoms with E-state index in [1.165, 1.54) is 12.0 Å². The summed E-state index contributed by atoms with van der Waals surface area (Å²) in [4.78, 5) is 19.3. The first-order chi connectivity index (χ1) is 10.3. The molecule has 4 nitrogen and oxygen atoms in total. The van der Waals surface area contributed by atoms with Crippen LogP contribution in [0.2, 0.25) is 0 Å². The van der Waals surface area contributed by atoms with Crippen molar-refractivity contribution in [3.05, 3.63) is 29.8 Å². The fourth-order valence-electron chi connectivity index (χ4n) is 3.32. The van der Waals surface area contributed by atoms with Gasteiger partial charge in [0.05, 0.1) is 0 Å². The molecule has 2 amide bonds. The van der Waals surface area contributed by atoms with Crippen LogP contribution in [0.15, 0.2) is 24.3 Å². The van der Waals surface area contributed by atoms with Crippen LogP contribution in [0.25, 0.3) is 0 Å². The second kappa shape index (κ2) is 6.48. The summed E-state index contributed by atoms with van der Waals surface area (Å²) in [6.45, 7) is 7.81. The van der Waals surface area contributed by atoms with Crippen LogP contribution in [0, 0.1) is 0 Å². The lowest BCUT2D eigenvalue weighted by molar-refractivity contribution is 0.147. The minimum absolute atomic E-state index is 0.195. The van der Waals surface area contributed by atoms with Crippen molar-refractivity contribution in [3.63, 3.8) is 0 Å². The molecule has 0 atom stereocenters. The highest BCUT2D eigenvalue weighted by molar-refractivity contribution is 5.93. The molecule has 114 valence electrons. The van der Waals surface area contributed by atoms with Crippen molar-refractivity contribution in [1.29, 1.82) is 0 Å². The minimum Gasteiger partial charge on any atom is -0.322 e. The van der Waals surface area contributed by atoms with Gasteiger partial charge in [0, 0.05) is 38.4 Å². The highest BCUT2D eigenvalue weighted by atomic mass is 16.2. The van der Waals surface area contributed by atoms with Crippen LogP contribution in [0.3, 0.4) is 0 Å². The van der Waals surface area contributed by atoms with Crippen LogP contribution < -0.4 is 4.90 Å². The molecule has 0 N–H and O–H groups in total. The number of hydrogen-bond donors (Lipinski definition) is 0. The molecule has 0 unspecified atom stereocenters. The van der Waals surface area contributed by atoms with Crippen molar-refractivity contribution in [1.82, 2.24) is 9.80 Å². The Balaban J connectivity index is 1.75. The monoisotopic (exact) mass is 287 g/mol. The standard InChI is InChI=1S/C17H25N3O/c1-2-18-11-13-19(14-12-18)17(21)20-10-6-5-8-15-7-3-4-9-16(15)20/h3-4,7,9H,2,5-6,8,10-14H2,1H3. The first kappa shape index (κ1) is 14.4. The van der Waals surface area contributed by atoms with Crippen LogP contribution >= 0.6 is 0 Å². The highest BCUT2D eigenvalue weighted by Gasteiger charge is 2.27. The number of carbonyl (C=O) groups excluding carboxylic acids is 1. The summed E-state index contributed by atoms with van der Waals surface area (Å²) in [7, 11) is 0. The number of amides is 2. The summed E-state index contributed by atoms with van der Waals surface area (Å²) in [5, 5.41) is 0. The molecule has 21 heavy (non-hydrogen) atoms. The van der Waals surface area contributed by atoms with E-state index in [9.17, 15) is 4.79 Å². The van der Waals surface area contributed by atoms with Gasteiger partial charge in [-0.3, -0.25) is 4.90 Å². The molecule has 1 aromatic rings. The number of anilines is 1. The average Bonchev–Trinajstić information content (AvgIpc) is 2.77. The van der Waals surface area contributed by atoms with Gasteiger partial charge in [0.25, 0.3) is 0 Å². The second-order valence-corrected chi connectivity index (χ2v) is 5.94. The van der Waals surface area contributed by atoms with E-state index in [1.54, 1.807) is 0 Å². The number of benzene rings is 1. The number of likely N-dealkylation sites (N-methyl/N-ethyl adjacent to an activating group) is 1. The van der Waals surface area contributed by atoms with Crippen molar-refractivity contribution in [2.75, 3.05) is 44.2 Å². The van der Waals surface area contributed by atoms with E-state index in [1.807, 2.05) is 15.9 Å². The van der Waals surface area contributed by atoms with Crippen molar-refractivity contribution < 1.29 is 4.79 Å². The van der Waals surface area contributed by atoms with E-state index in [0.29, 0.717) is 0 Å². The Morgan fingerprint density at radius 1 is 1.05 bits per heavy atom. The third kappa shape index (κ3) is 3.05. The van der Waals surface area contributed by atoms with Crippen molar-refractivity contribution in [2.45, 2.75) is 26.2 Å². The van der Waals surface area contributed by atoms with Gasteiger partial charge in [-0.15, -0.1) is 0 Å². The molecular weight excluding hydrogens is 262 g/mol. The Kier molecular flexibility index (Phi) is 4.44. The van der Waals surface area contributed by atoms with E-state index < -0.39 is 0 Å². The van der Waals surface area contributed by atoms with Gasteiger partial charge < -0.3 is 9.80 Å². The maximum absolute atomic E-state index is 12.9. The number of nitrogens with zero attached hydrogens (tertiary/aromatic N) is 3. The minimum atomic E-state index is 0.195. The fraction of sp³-hybridized carbons (Fsp3) is 0.588. The van der Waals surface area contributed by atoms with E-state index in [4.69, 9.17) is 0 Å². The number of hydrogen-bond acceptors (Lipinski definition) is 2. The Morgan fingerprint density at radius 2 is 1.81 bits per heavy atom. The molecular formula is C17H25N3O. The molecule has 2 aliphatic rings. The predicted octanol–water partition coefficient (Wildman–Crippen LogP) is 2.59. The van der Waals surface area contributed by atoms with Gasteiger partial charge in [0.15, 0.2) is 0 Å². The third-order valence-electron chi connectivity index (χ3n) is 4.68. The lowest BCUT2D eigenvalue weighted by Crippen LogP contribution is -2.53. The number of rotatable bonds is 1. The Morgan fingerprint density at radius 3 is 2.57 bits per heavy atom. The molecule has 0 aliphatic carbocycles. The molecule has 2 heterocycles. The molecule has 0 aromatic heterocycles. The number of carbonyl (C=O) groups is 1. The van der Waals surface area contributed by atoms with Crippen molar-refractivity contribution in [3.8, 4) is 0 Å². The summed E-state index contributed by atoms with van der Waals surface area (Å²) >= 11 is 0. The summed E-state index contributed by atoms with van der Waals surface area (Å²) < 4.78 is 0. The molecule has 4 heteroatoms. The maximum atomic E-state index is 12.9. The topological polar surface area (TPSA) is 26.8 Å². The SMILES string of the molecule is CCN1CCN(C(=O)N2CCCCc3ccccc32)CC1. The maximum Gasteiger partial charge on any atom is 0.324 e. The van der Waals surface area contributed by atoms with Gasteiger partial charge in [0.1, 0.15) is 0 Å². The fourth-order valence-corrected chi connectivity index (χ4v) is 3.32. The van der Waals surface area contributed by atoms with E-state index in [-0.39, 0.29) is 6.03 Å². The molecule has 0 spiro atoms. The number of para-hydroxylation sites is 1. The Labute approximate surface area is 127 Å². The van der Waals surface area contributed by atoms with E-state index in [2.05, 4.69) is 30.0 Å². The number of fused-ring (bicyclic) bond motifs is 1. The van der Waals surface area contributed by atoms with Crippen LogP contribution in [-0.2, 0) is 6.42 Å². The summed E-state index contributed by atoms with van der Waals surface area (Å²) in [5.74, 6) is 0. The van der Waals surface area contributed by atoms with Gasteiger partial charge in [-0.25, -0.2) is 4.79 Å². The van der Waals surface area contributed by atoms with E-state index >= 15 is 0 Å². The van der Waals surface area contributed by atoms with Crippen molar-refractivity contribution >= 4 is 11.7 Å². The Hall–Kier alpha value is -1.55. The van der Waals surface area contributed by atoms with Crippen LogP contribution in [0.1, 0.15) is 25.3 Å². The molecule has 0 bridgehead atoms. The molecule has 1 saturated heterocycles. The predicted molar refractivity (Wildman–Crippen MR) is 85.8 cm³/mol. The van der Waals surface area contributed by atoms with Gasteiger partial charge in [-0.2, -0.15) is 0 Å². The number of piperazine rings is 1. The molecule has 3 rings (SSSR count). The molecule has 2 aliphatic heterocycles. The summed E-state index contributed by atoms with van der Waals surface area (Å²) in [6, 6.07) is 8.57. The van der Waals surface area contributed by atoms with Crippen molar-refractivity contribution in [2.24, 2.45) is 0 Å². The summed E-state index contributed by atoms with van der Waals surface area (Å²) in [6.07, 6.45) is 3.35. The largest absolute Gasteiger partial charge is 0.324 e. The van der Waals surface area contributed by atoms with Gasteiger partial charge >= 0.3 is 6.03 Å². The van der Waals surface area contributed by atoms with Gasteiger partial charge in [0.2, 0.25) is 0 Å². The van der Waals surface area contributed by atoms with Gasteiger partial charge in [-0.05, 0) is 37.4 Å². The normalized spacial score (nSPS) is 20.0.